The van der Waals surface area contributed by atoms with Crippen molar-refractivity contribution >= 4 is 9.84 Å². The van der Waals surface area contributed by atoms with Gasteiger partial charge in [0.25, 0.3) is 0 Å². The van der Waals surface area contributed by atoms with Gasteiger partial charge in [-0.1, -0.05) is 54.6 Å². The lowest BCUT2D eigenvalue weighted by Gasteiger charge is -2.16. The average molecular weight is 435 g/mol. The van der Waals surface area contributed by atoms with Gasteiger partial charge in [-0.2, -0.15) is 5.26 Å². The molecule has 1 fully saturated rings. The van der Waals surface area contributed by atoms with Gasteiger partial charge < -0.3 is 0 Å². The lowest BCUT2D eigenvalue weighted by Crippen LogP contribution is -2.23. The highest BCUT2D eigenvalue weighted by atomic mass is 32.2. The first-order chi connectivity index (χ1) is 14.9. The van der Waals surface area contributed by atoms with Crippen LogP contribution in [0.3, 0.4) is 0 Å². The summed E-state index contributed by atoms with van der Waals surface area (Å²) in [6.07, 6.45) is 0.799. The van der Waals surface area contributed by atoms with E-state index in [0.717, 1.165) is 31.6 Å². The van der Waals surface area contributed by atoms with Crippen molar-refractivity contribution in [2.24, 2.45) is 5.92 Å². The number of nitrogens with zero attached hydrogens (tertiary/aromatic N) is 2. The zero-order valence-corrected chi connectivity index (χ0v) is 17.9. The molecule has 4 rings (SSSR count). The van der Waals surface area contributed by atoms with Crippen molar-refractivity contribution in [2.45, 2.75) is 17.9 Å². The largest absolute Gasteiger partial charge is 0.299 e. The summed E-state index contributed by atoms with van der Waals surface area (Å²) in [5.74, 6) is -0.677. The Morgan fingerprint density at radius 2 is 1.71 bits per heavy atom. The van der Waals surface area contributed by atoms with Crippen LogP contribution >= 0.6 is 0 Å². The Balaban J connectivity index is 1.37. The van der Waals surface area contributed by atoms with E-state index < -0.39 is 15.7 Å². The topological polar surface area (TPSA) is 61.2 Å². The van der Waals surface area contributed by atoms with Crippen LogP contribution in [0.2, 0.25) is 0 Å². The van der Waals surface area contributed by atoms with Gasteiger partial charge in [0.2, 0.25) is 0 Å². The SMILES string of the molecule is N#Cc1cc(S(=O)(=O)C[C@@H]2CCN(Cc3ccc(-c4ccccc4)cc3)C2)ccc1F. The molecular weight excluding hydrogens is 411 g/mol. The van der Waals surface area contributed by atoms with Crippen LogP contribution < -0.4 is 0 Å². The van der Waals surface area contributed by atoms with E-state index in [9.17, 15) is 12.8 Å². The maximum Gasteiger partial charge on any atom is 0.178 e. The highest BCUT2D eigenvalue weighted by Crippen LogP contribution is 2.25. The summed E-state index contributed by atoms with van der Waals surface area (Å²) in [5, 5.41) is 8.96. The molecule has 0 saturated carbocycles. The van der Waals surface area contributed by atoms with Gasteiger partial charge in [-0.3, -0.25) is 4.90 Å². The van der Waals surface area contributed by atoms with Crippen molar-refractivity contribution in [1.29, 1.82) is 5.26 Å². The van der Waals surface area contributed by atoms with Gasteiger partial charge in [-0.25, -0.2) is 12.8 Å². The molecule has 1 atom stereocenters. The lowest BCUT2D eigenvalue weighted by atomic mass is 10.0. The third-order valence-electron chi connectivity index (χ3n) is 5.71. The normalized spacial score (nSPS) is 16.8. The van der Waals surface area contributed by atoms with Crippen LogP contribution in [0.25, 0.3) is 11.1 Å². The summed E-state index contributed by atoms with van der Waals surface area (Å²) in [5.41, 5.74) is 3.31. The van der Waals surface area contributed by atoms with Crippen LogP contribution in [-0.2, 0) is 16.4 Å². The van der Waals surface area contributed by atoms with E-state index >= 15 is 0 Å². The number of nitriles is 1. The van der Waals surface area contributed by atoms with Gasteiger partial charge in [0, 0.05) is 13.1 Å². The number of rotatable bonds is 6. The number of hydrogen-bond acceptors (Lipinski definition) is 4. The van der Waals surface area contributed by atoms with E-state index in [4.69, 9.17) is 5.26 Å². The van der Waals surface area contributed by atoms with Crippen molar-refractivity contribution in [3.63, 3.8) is 0 Å². The summed E-state index contributed by atoms with van der Waals surface area (Å²) in [7, 11) is -3.57. The molecule has 0 aromatic heterocycles. The zero-order chi connectivity index (χ0) is 21.8. The van der Waals surface area contributed by atoms with Crippen LogP contribution in [0, 0.1) is 23.1 Å². The Morgan fingerprint density at radius 3 is 2.42 bits per heavy atom. The van der Waals surface area contributed by atoms with Gasteiger partial charge in [-0.05, 0) is 53.8 Å². The van der Waals surface area contributed by atoms with Crippen LogP contribution in [0.5, 0.6) is 0 Å². The molecule has 6 heteroatoms. The minimum atomic E-state index is -3.57. The molecule has 0 N–H and O–H groups in total. The standard InChI is InChI=1S/C25H23FN2O2S/c26-25-11-10-24(14-23(25)15-27)31(29,30)18-20-12-13-28(17-20)16-19-6-8-22(9-7-19)21-4-2-1-3-5-21/h1-11,14,20H,12-13,16-18H2/t20-/m1/s1. The molecule has 1 saturated heterocycles. The Hall–Kier alpha value is -3.01. The molecule has 3 aromatic carbocycles. The van der Waals surface area contributed by atoms with Crippen molar-refractivity contribution in [1.82, 2.24) is 4.90 Å². The van der Waals surface area contributed by atoms with E-state index in [1.165, 1.54) is 22.8 Å². The summed E-state index contributed by atoms with van der Waals surface area (Å²) in [6.45, 7) is 2.32. The molecule has 0 bridgehead atoms. The van der Waals surface area contributed by atoms with E-state index in [-0.39, 0.29) is 22.1 Å². The first-order valence-corrected chi connectivity index (χ1v) is 11.9. The number of hydrogen-bond donors (Lipinski definition) is 0. The first-order valence-electron chi connectivity index (χ1n) is 10.2. The molecular formula is C25H23FN2O2S. The zero-order valence-electron chi connectivity index (χ0n) is 17.0. The van der Waals surface area contributed by atoms with Gasteiger partial charge in [0.1, 0.15) is 11.9 Å². The number of sulfone groups is 1. The molecule has 1 aliphatic heterocycles. The quantitative estimate of drug-likeness (QED) is 0.530. The van der Waals surface area contributed by atoms with E-state index in [2.05, 4.69) is 41.3 Å². The minimum absolute atomic E-state index is 0.00689. The molecule has 3 aromatic rings. The number of benzene rings is 3. The summed E-state index contributed by atoms with van der Waals surface area (Å²) >= 11 is 0. The number of halogens is 1. The predicted molar refractivity (Wildman–Crippen MR) is 118 cm³/mol. The second-order valence-electron chi connectivity index (χ2n) is 7.99. The van der Waals surface area contributed by atoms with Gasteiger partial charge in [0.15, 0.2) is 9.84 Å². The molecule has 4 nitrogen and oxygen atoms in total. The number of likely N-dealkylation sites (tertiary alicyclic amines) is 1. The second-order valence-corrected chi connectivity index (χ2v) is 10.0. The van der Waals surface area contributed by atoms with Crippen molar-refractivity contribution in [3.05, 3.63) is 89.7 Å². The summed E-state index contributed by atoms with van der Waals surface area (Å²) < 4.78 is 39.0. The summed E-state index contributed by atoms with van der Waals surface area (Å²) in [6, 6.07) is 23.8. The fraction of sp³-hybridized carbons (Fsp3) is 0.240. The van der Waals surface area contributed by atoms with Gasteiger partial charge >= 0.3 is 0 Å². The fourth-order valence-electron chi connectivity index (χ4n) is 4.07. The van der Waals surface area contributed by atoms with E-state index in [1.807, 2.05) is 18.2 Å². The molecule has 0 aliphatic carbocycles. The van der Waals surface area contributed by atoms with Crippen LogP contribution in [0.4, 0.5) is 4.39 Å². The Bertz CT molecular complexity index is 1200. The maximum atomic E-state index is 13.5. The van der Waals surface area contributed by atoms with Crippen LogP contribution in [-0.4, -0.2) is 32.2 Å². The first kappa shape index (κ1) is 21.2. The highest BCUT2D eigenvalue weighted by molar-refractivity contribution is 7.91. The molecule has 1 aliphatic rings. The summed E-state index contributed by atoms with van der Waals surface area (Å²) in [4.78, 5) is 2.28. The Morgan fingerprint density at radius 1 is 1.00 bits per heavy atom. The van der Waals surface area contributed by atoms with Crippen molar-refractivity contribution in [2.75, 3.05) is 18.8 Å². The average Bonchev–Trinajstić information content (AvgIpc) is 3.21. The Kier molecular flexibility index (Phi) is 6.17. The van der Waals surface area contributed by atoms with E-state index in [0.29, 0.717) is 6.54 Å². The molecule has 31 heavy (non-hydrogen) atoms. The second kappa shape index (κ2) is 9.01. The van der Waals surface area contributed by atoms with Gasteiger partial charge in [0.05, 0.1) is 16.2 Å². The molecule has 0 radical (unpaired) electrons. The predicted octanol–water partition coefficient (Wildman–Crippen LogP) is 4.66. The molecule has 0 spiro atoms. The molecule has 0 amide bonds. The van der Waals surface area contributed by atoms with Gasteiger partial charge in [-0.15, -0.1) is 0 Å². The third-order valence-corrected chi connectivity index (χ3v) is 7.59. The van der Waals surface area contributed by atoms with Crippen LogP contribution in [0.15, 0.2) is 77.7 Å². The van der Waals surface area contributed by atoms with Crippen LogP contribution in [0.1, 0.15) is 17.5 Å². The maximum absolute atomic E-state index is 13.5. The monoisotopic (exact) mass is 434 g/mol. The molecule has 158 valence electrons. The van der Waals surface area contributed by atoms with E-state index in [1.54, 1.807) is 6.07 Å². The lowest BCUT2D eigenvalue weighted by molar-refractivity contribution is 0.320. The third kappa shape index (κ3) is 5.01. The minimum Gasteiger partial charge on any atom is -0.299 e. The molecule has 0 unspecified atom stereocenters. The Labute approximate surface area is 182 Å². The molecule has 1 heterocycles. The smallest absolute Gasteiger partial charge is 0.178 e. The van der Waals surface area contributed by atoms with Crippen molar-refractivity contribution < 1.29 is 12.8 Å². The fourth-order valence-corrected chi connectivity index (χ4v) is 5.73. The highest BCUT2D eigenvalue weighted by Gasteiger charge is 2.28. The van der Waals surface area contributed by atoms with Crippen molar-refractivity contribution in [3.8, 4) is 17.2 Å².